The fourth-order valence-corrected chi connectivity index (χ4v) is 4.17. The predicted octanol–water partition coefficient (Wildman–Crippen LogP) is 3.06. The van der Waals surface area contributed by atoms with Crippen molar-refractivity contribution in [2.45, 2.75) is 37.9 Å². The highest BCUT2D eigenvalue weighted by molar-refractivity contribution is 6.77. The first-order valence-electron chi connectivity index (χ1n) is 4.69. The minimum absolute atomic E-state index is 1.03. The molecule has 0 rings (SSSR count). The van der Waals surface area contributed by atoms with Gasteiger partial charge in [0.2, 0.25) is 0 Å². The van der Waals surface area contributed by atoms with Crippen LogP contribution in [-0.2, 0) is 0 Å². The summed E-state index contributed by atoms with van der Waals surface area (Å²) >= 11 is 0. The zero-order valence-corrected chi connectivity index (χ0v) is 9.18. The van der Waals surface area contributed by atoms with E-state index < -0.39 is 8.24 Å². The molecule has 0 aromatic heterocycles. The highest BCUT2D eigenvalue weighted by Gasteiger charge is 2.23. The Kier molecular flexibility index (Phi) is 6.03. The first kappa shape index (κ1) is 11.7. The van der Waals surface area contributed by atoms with Gasteiger partial charge in [-0.1, -0.05) is 31.9 Å². The van der Waals surface area contributed by atoms with Gasteiger partial charge in [-0.25, -0.2) is 0 Å². The van der Waals surface area contributed by atoms with Gasteiger partial charge in [-0.15, -0.1) is 13.2 Å². The lowest BCUT2D eigenvalue weighted by Crippen LogP contribution is -2.44. The van der Waals surface area contributed by atoms with Crippen molar-refractivity contribution < 1.29 is 0 Å². The molecule has 0 saturated heterocycles. The maximum atomic E-state index is 6.30. The van der Waals surface area contributed by atoms with Crippen molar-refractivity contribution in [3.63, 3.8) is 0 Å². The maximum Gasteiger partial charge on any atom is 0.130 e. The topological polar surface area (TPSA) is 26.0 Å². The SMILES string of the molecule is C=CC[Si](N)(CC=C)CCCC. The van der Waals surface area contributed by atoms with Gasteiger partial charge in [0.05, 0.1) is 0 Å². The molecule has 0 spiro atoms. The molecule has 2 heteroatoms. The van der Waals surface area contributed by atoms with Gasteiger partial charge in [0.15, 0.2) is 0 Å². The average Bonchev–Trinajstić information content (AvgIpc) is 2.02. The minimum Gasteiger partial charge on any atom is -0.350 e. The van der Waals surface area contributed by atoms with Crippen LogP contribution in [0.15, 0.2) is 25.3 Å². The van der Waals surface area contributed by atoms with Crippen molar-refractivity contribution in [1.29, 1.82) is 0 Å². The van der Waals surface area contributed by atoms with E-state index in [9.17, 15) is 0 Å². The van der Waals surface area contributed by atoms with E-state index in [1.165, 1.54) is 18.9 Å². The lowest BCUT2D eigenvalue weighted by atomic mass is 10.4. The molecule has 0 aromatic carbocycles. The monoisotopic (exact) mass is 183 g/mol. The third-order valence-electron chi connectivity index (χ3n) is 2.13. The normalized spacial score (nSPS) is 11.2. The third kappa shape index (κ3) is 4.52. The van der Waals surface area contributed by atoms with E-state index in [-0.39, 0.29) is 0 Å². The average molecular weight is 183 g/mol. The van der Waals surface area contributed by atoms with Gasteiger partial charge in [0, 0.05) is 0 Å². The zero-order valence-electron chi connectivity index (χ0n) is 8.18. The molecule has 1 nitrogen and oxygen atoms in total. The quantitative estimate of drug-likeness (QED) is 0.476. The molecule has 0 fully saturated rings. The molecule has 0 unspecified atom stereocenters. The van der Waals surface area contributed by atoms with Crippen LogP contribution in [0.5, 0.6) is 0 Å². The molecule has 0 aliphatic heterocycles. The molecular weight excluding hydrogens is 162 g/mol. The first-order chi connectivity index (χ1) is 5.68. The van der Waals surface area contributed by atoms with Crippen LogP contribution in [0.1, 0.15) is 19.8 Å². The highest BCUT2D eigenvalue weighted by Crippen LogP contribution is 2.18. The van der Waals surface area contributed by atoms with Crippen LogP contribution >= 0.6 is 0 Å². The largest absolute Gasteiger partial charge is 0.350 e. The molecule has 2 N–H and O–H groups in total. The van der Waals surface area contributed by atoms with E-state index in [0.717, 1.165) is 12.1 Å². The number of hydrogen-bond donors (Lipinski definition) is 1. The Balaban J connectivity index is 3.96. The number of allylic oxidation sites excluding steroid dienone is 2. The molecule has 0 aromatic rings. The van der Waals surface area contributed by atoms with Crippen LogP contribution < -0.4 is 5.40 Å². The van der Waals surface area contributed by atoms with E-state index in [2.05, 4.69) is 20.1 Å². The van der Waals surface area contributed by atoms with Crippen LogP contribution in [0.2, 0.25) is 18.1 Å². The molecule has 0 aliphatic carbocycles. The van der Waals surface area contributed by atoms with Gasteiger partial charge in [-0.2, -0.15) is 0 Å². The Morgan fingerprint density at radius 2 is 1.75 bits per heavy atom. The summed E-state index contributed by atoms with van der Waals surface area (Å²) in [5, 5.41) is 6.30. The summed E-state index contributed by atoms with van der Waals surface area (Å²) < 4.78 is 0. The Hall–Kier alpha value is -0.343. The Morgan fingerprint density at radius 1 is 1.25 bits per heavy atom. The van der Waals surface area contributed by atoms with E-state index in [4.69, 9.17) is 5.40 Å². The summed E-state index contributed by atoms with van der Waals surface area (Å²) in [6.07, 6.45) is 6.42. The summed E-state index contributed by atoms with van der Waals surface area (Å²) in [6.45, 7) is 9.72. The standard InChI is InChI=1S/C10H21NSi/c1-4-7-10-12(11,8-5-2)9-6-3/h5-6H,2-4,7-11H2,1H3. The second-order valence-electron chi connectivity index (χ2n) is 3.45. The van der Waals surface area contributed by atoms with Gasteiger partial charge in [0.25, 0.3) is 0 Å². The summed E-state index contributed by atoms with van der Waals surface area (Å²) in [5.41, 5.74) is 0. The number of hydrogen-bond acceptors (Lipinski definition) is 1. The van der Waals surface area contributed by atoms with Gasteiger partial charge in [-0.05, 0) is 18.1 Å². The Bertz CT molecular complexity index is 133. The molecule has 0 bridgehead atoms. The summed E-state index contributed by atoms with van der Waals surface area (Å²) in [5.74, 6) is 0. The minimum atomic E-state index is -1.51. The van der Waals surface area contributed by atoms with Crippen LogP contribution in [0.4, 0.5) is 0 Å². The Morgan fingerprint density at radius 3 is 2.08 bits per heavy atom. The van der Waals surface area contributed by atoms with Gasteiger partial charge in [0.1, 0.15) is 8.24 Å². The molecule has 0 aliphatic rings. The van der Waals surface area contributed by atoms with Crippen LogP contribution in [0.25, 0.3) is 0 Å². The predicted molar refractivity (Wildman–Crippen MR) is 59.7 cm³/mol. The summed E-state index contributed by atoms with van der Waals surface area (Å²) in [4.78, 5) is 0. The van der Waals surface area contributed by atoms with Gasteiger partial charge < -0.3 is 5.40 Å². The lowest BCUT2D eigenvalue weighted by molar-refractivity contribution is 0.860. The van der Waals surface area contributed by atoms with Crippen molar-refractivity contribution in [2.24, 2.45) is 5.40 Å². The lowest BCUT2D eigenvalue weighted by Gasteiger charge is -2.23. The van der Waals surface area contributed by atoms with Crippen molar-refractivity contribution >= 4 is 8.24 Å². The zero-order chi connectivity index (χ0) is 9.45. The molecule has 0 heterocycles. The van der Waals surface area contributed by atoms with Crippen molar-refractivity contribution in [1.82, 2.24) is 0 Å². The molecule has 0 atom stereocenters. The van der Waals surface area contributed by atoms with E-state index >= 15 is 0 Å². The molecule has 0 radical (unpaired) electrons. The number of nitrogens with two attached hydrogens (primary N) is 1. The van der Waals surface area contributed by atoms with Gasteiger partial charge in [-0.3, -0.25) is 0 Å². The van der Waals surface area contributed by atoms with Gasteiger partial charge >= 0.3 is 0 Å². The van der Waals surface area contributed by atoms with E-state index in [1.54, 1.807) is 0 Å². The second-order valence-corrected chi connectivity index (χ2v) is 7.49. The van der Waals surface area contributed by atoms with Crippen molar-refractivity contribution in [3.05, 3.63) is 25.3 Å². The molecule has 0 amide bonds. The summed E-state index contributed by atoms with van der Waals surface area (Å²) in [6, 6.07) is 3.26. The molecule has 12 heavy (non-hydrogen) atoms. The van der Waals surface area contributed by atoms with Crippen molar-refractivity contribution in [2.75, 3.05) is 0 Å². The first-order valence-corrected chi connectivity index (χ1v) is 7.39. The smallest absolute Gasteiger partial charge is 0.130 e. The number of rotatable bonds is 7. The fraction of sp³-hybridized carbons (Fsp3) is 0.600. The van der Waals surface area contributed by atoms with E-state index in [1.807, 2.05) is 12.2 Å². The molecule has 70 valence electrons. The fourth-order valence-electron chi connectivity index (χ4n) is 1.39. The second kappa shape index (κ2) is 6.20. The van der Waals surface area contributed by atoms with E-state index in [0.29, 0.717) is 0 Å². The molecular formula is C10H21NSi. The number of unbranched alkanes of at least 4 members (excludes halogenated alkanes) is 1. The van der Waals surface area contributed by atoms with Crippen LogP contribution in [-0.4, -0.2) is 8.24 Å². The summed E-state index contributed by atoms with van der Waals surface area (Å²) in [7, 11) is -1.51. The third-order valence-corrected chi connectivity index (χ3v) is 5.68. The maximum absolute atomic E-state index is 6.30. The highest BCUT2D eigenvalue weighted by atomic mass is 28.3. The van der Waals surface area contributed by atoms with Crippen LogP contribution in [0.3, 0.4) is 0 Å². The van der Waals surface area contributed by atoms with Crippen molar-refractivity contribution in [3.8, 4) is 0 Å². The molecule has 0 saturated carbocycles. The van der Waals surface area contributed by atoms with Crippen LogP contribution in [0, 0.1) is 0 Å². The Labute approximate surface area is 77.4 Å².